The molecule has 2 aromatic carbocycles. The Balaban J connectivity index is 0. The summed E-state index contributed by atoms with van der Waals surface area (Å²) in [6.07, 6.45) is 1.25. The number of aryl methyl sites for hydroxylation is 2. The molecule has 0 N–H and O–H groups in total. The molecule has 0 aliphatic heterocycles. The zero-order valence-electron chi connectivity index (χ0n) is 13.5. The van der Waals surface area contributed by atoms with Crippen LogP contribution in [-0.2, 0) is 0 Å². The Morgan fingerprint density at radius 3 is 0.895 bits per heavy atom. The van der Waals surface area contributed by atoms with Gasteiger partial charge in [-0.3, -0.25) is 0 Å². The first-order chi connectivity index (χ1) is 9.20. The van der Waals surface area contributed by atoms with Crippen LogP contribution in [0.3, 0.4) is 0 Å². The van der Waals surface area contributed by atoms with Gasteiger partial charge in [-0.25, -0.2) is 0 Å². The highest BCUT2D eigenvalue weighted by Crippen LogP contribution is 1.92. The average Bonchev–Trinajstić information content (AvgIpc) is 2.44. The van der Waals surface area contributed by atoms with E-state index in [-0.39, 0.29) is 0 Å². The Kier molecular flexibility index (Phi) is 17.1. The van der Waals surface area contributed by atoms with Crippen LogP contribution in [0, 0.1) is 13.8 Å². The van der Waals surface area contributed by atoms with Gasteiger partial charge in [-0.1, -0.05) is 106 Å². The first-order valence-corrected chi connectivity index (χ1v) is 7.24. The fourth-order valence-corrected chi connectivity index (χ4v) is 1.07. The van der Waals surface area contributed by atoms with Crippen LogP contribution in [0.5, 0.6) is 0 Å². The molecule has 0 radical (unpaired) electrons. The van der Waals surface area contributed by atoms with Crippen molar-refractivity contribution in [1.29, 1.82) is 0 Å². The van der Waals surface area contributed by atoms with Gasteiger partial charge in [-0.15, -0.1) is 0 Å². The predicted octanol–water partition coefficient (Wildman–Crippen LogP) is 6.43. The van der Waals surface area contributed by atoms with Crippen LogP contribution in [0.15, 0.2) is 60.7 Å². The normalized spacial score (nSPS) is 7.68. The second-order valence-corrected chi connectivity index (χ2v) is 4.02. The topological polar surface area (TPSA) is 0 Å². The van der Waals surface area contributed by atoms with E-state index in [9.17, 15) is 0 Å². The van der Waals surface area contributed by atoms with Gasteiger partial charge in [-0.05, 0) is 13.8 Å². The molecule has 0 heteroatoms. The van der Waals surface area contributed by atoms with Gasteiger partial charge < -0.3 is 0 Å². The van der Waals surface area contributed by atoms with E-state index in [2.05, 4.69) is 52.0 Å². The molecule has 19 heavy (non-hydrogen) atoms. The zero-order chi connectivity index (χ0) is 14.9. The van der Waals surface area contributed by atoms with Crippen molar-refractivity contribution >= 4 is 0 Å². The molecule has 0 saturated heterocycles. The molecule has 0 aliphatic carbocycles. The van der Waals surface area contributed by atoms with E-state index in [0.29, 0.717) is 0 Å². The summed E-state index contributed by atoms with van der Waals surface area (Å²) in [5.41, 5.74) is 2.64. The van der Waals surface area contributed by atoms with Crippen LogP contribution < -0.4 is 0 Å². The Bertz CT molecular complexity index is 311. The maximum Gasteiger partial charge on any atom is -0.0398 e. The Morgan fingerprint density at radius 2 is 0.789 bits per heavy atom. The molecule has 2 rings (SSSR count). The number of benzene rings is 2. The van der Waals surface area contributed by atoms with Crippen molar-refractivity contribution in [1.82, 2.24) is 0 Å². The fraction of sp³-hybridized carbons (Fsp3) is 0.368. The molecule has 0 aliphatic rings. The summed E-state index contributed by atoms with van der Waals surface area (Å²) in [5, 5.41) is 0. The van der Waals surface area contributed by atoms with E-state index in [1.54, 1.807) is 0 Å². The maximum atomic E-state index is 2.12. The molecule has 0 bridgehead atoms. The summed E-state index contributed by atoms with van der Waals surface area (Å²) < 4.78 is 0. The van der Waals surface area contributed by atoms with Crippen molar-refractivity contribution in [2.45, 2.75) is 48.0 Å². The number of hydrogen-bond donors (Lipinski definition) is 0. The lowest BCUT2D eigenvalue weighted by atomic mass is 10.2. The summed E-state index contributed by atoms with van der Waals surface area (Å²) in [4.78, 5) is 0. The minimum absolute atomic E-state index is 1.25. The molecule has 0 nitrogen and oxygen atoms in total. The highest BCUT2D eigenvalue weighted by atomic mass is 13.8. The van der Waals surface area contributed by atoms with Crippen LogP contribution in [0.2, 0.25) is 0 Å². The van der Waals surface area contributed by atoms with Crippen LogP contribution >= 0.6 is 0 Å². The Morgan fingerprint density at radius 1 is 0.579 bits per heavy atom. The maximum absolute atomic E-state index is 2.12. The zero-order valence-corrected chi connectivity index (χ0v) is 13.5. The highest BCUT2D eigenvalue weighted by molar-refractivity contribution is 5.12. The molecule has 0 aromatic heterocycles. The summed E-state index contributed by atoms with van der Waals surface area (Å²) >= 11 is 0. The summed E-state index contributed by atoms with van der Waals surface area (Å²) in [5.74, 6) is 0. The van der Waals surface area contributed by atoms with Crippen LogP contribution in [0.25, 0.3) is 0 Å². The summed E-state index contributed by atoms with van der Waals surface area (Å²) in [7, 11) is 0. The molecule has 2 aromatic rings. The van der Waals surface area contributed by atoms with Gasteiger partial charge in [-0.2, -0.15) is 0 Å². The third kappa shape index (κ3) is 16.4. The predicted molar refractivity (Wildman–Crippen MR) is 89.7 cm³/mol. The summed E-state index contributed by atoms with van der Waals surface area (Å²) in [6.45, 7) is 12.4. The molecule has 0 amide bonds. The van der Waals surface area contributed by atoms with E-state index in [1.165, 1.54) is 17.5 Å². The third-order valence-corrected chi connectivity index (χ3v) is 1.88. The van der Waals surface area contributed by atoms with Crippen LogP contribution in [-0.4, -0.2) is 0 Å². The van der Waals surface area contributed by atoms with Crippen molar-refractivity contribution in [3.8, 4) is 0 Å². The first kappa shape index (κ1) is 19.8. The van der Waals surface area contributed by atoms with Crippen LogP contribution in [0.1, 0.15) is 45.2 Å². The highest BCUT2D eigenvalue weighted by Gasteiger charge is 1.72. The Labute approximate surface area is 120 Å². The van der Waals surface area contributed by atoms with E-state index in [0.717, 1.165) is 0 Å². The lowest BCUT2D eigenvalue weighted by Crippen LogP contribution is -1.62. The number of rotatable bonds is 0. The van der Waals surface area contributed by atoms with Gasteiger partial charge in [0.1, 0.15) is 0 Å². The third-order valence-electron chi connectivity index (χ3n) is 1.88. The molecule has 0 heterocycles. The van der Waals surface area contributed by atoms with Gasteiger partial charge >= 0.3 is 0 Å². The standard InChI is InChI=1S/2C7H8.C3H8.C2H6/c2*1-7-5-3-2-4-6-7;1-3-2;1-2/h2*2-6H,1H3;3H2,1-2H3;1-2H3. The molecule has 0 atom stereocenters. The average molecular weight is 258 g/mol. The second-order valence-electron chi connectivity index (χ2n) is 4.02. The van der Waals surface area contributed by atoms with Crippen molar-refractivity contribution in [3.63, 3.8) is 0 Å². The van der Waals surface area contributed by atoms with Gasteiger partial charge in [0.2, 0.25) is 0 Å². The summed E-state index contributed by atoms with van der Waals surface area (Å²) in [6, 6.07) is 20.5. The second kappa shape index (κ2) is 16.4. The Hall–Kier alpha value is -1.56. The largest absolute Gasteiger partial charge is 0.0683 e. The molecule has 0 unspecified atom stereocenters. The van der Waals surface area contributed by atoms with Crippen LogP contribution in [0.4, 0.5) is 0 Å². The van der Waals surface area contributed by atoms with Gasteiger partial charge in [0.15, 0.2) is 0 Å². The minimum atomic E-state index is 1.25. The molecular weight excluding hydrogens is 228 g/mol. The van der Waals surface area contributed by atoms with E-state index in [1.807, 2.05) is 50.2 Å². The molecule has 106 valence electrons. The molecule has 0 spiro atoms. The quantitative estimate of drug-likeness (QED) is 0.510. The van der Waals surface area contributed by atoms with E-state index < -0.39 is 0 Å². The van der Waals surface area contributed by atoms with Crippen molar-refractivity contribution in [3.05, 3.63) is 71.8 Å². The minimum Gasteiger partial charge on any atom is -0.0683 e. The number of hydrogen-bond acceptors (Lipinski definition) is 0. The lowest BCUT2D eigenvalue weighted by Gasteiger charge is -1.82. The molecule has 0 saturated carbocycles. The van der Waals surface area contributed by atoms with Gasteiger partial charge in [0.25, 0.3) is 0 Å². The monoisotopic (exact) mass is 258 g/mol. The van der Waals surface area contributed by atoms with Crippen molar-refractivity contribution in [2.24, 2.45) is 0 Å². The van der Waals surface area contributed by atoms with Crippen molar-refractivity contribution in [2.75, 3.05) is 0 Å². The molecule has 0 fully saturated rings. The molecular formula is C19H30. The first-order valence-electron chi connectivity index (χ1n) is 7.24. The smallest absolute Gasteiger partial charge is 0.0398 e. The SMILES string of the molecule is CC.CCC.Cc1ccccc1.Cc1ccccc1. The lowest BCUT2D eigenvalue weighted by molar-refractivity contribution is 1.09. The van der Waals surface area contributed by atoms with Gasteiger partial charge in [0, 0.05) is 0 Å². The van der Waals surface area contributed by atoms with E-state index in [4.69, 9.17) is 0 Å². The van der Waals surface area contributed by atoms with Crippen molar-refractivity contribution < 1.29 is 0 Å². The van der Waals surface area contributed by atoms with Gasteiger partial charge in [0.05, 0.1) is 0 Å². The fourth-order valence-electron chi connectivity index (χ4n) is 1.07. The van der Waals surface area contributed by atoms with E-state index >= 15 is 0 Å².